The summed E-state index contributed by atoms with van der Waals surface area (Å²) in [5, 5.41) is 0.767. The Morgan fingerprint density at radius 2 is 2.40 bits per heavy atom. The van der Waals surface area contributed by atoms with Crippen LogP contribution in [0.15, 0.2) is 24.3 Å². The average Bonchev–Trinajstić information content (AvgIpc) is 2.98. The zero-order valence-corrected chi connectivity index (χ0v) is 11.9. The standard InChI is InChI=1S/C15H14FNO2S/c1-2-19-15(18)11-6-7-12-13(11)17-14(20-12)9-4-3-5-10(16)8-9/h3-5,8,11H,2,6-7H2,1H3. The molecule has 0 N–H and O–H groups in total. The van der Waals surface area contributed by atoms with E-state index in [1.807, 2.05) is 6.07 Å². The summed E-state index contributed by atoms with van der Waals surface area (Å²) in [4.78, 5) is 17.5. The minimum Gasteiger partial charge on any atom is -0.465 e. The van der Waals surface area contributed by atoms with E-state index in [1.54, 1.807) is 13.0 Å². The van der Waals surface area contributed by atoms with Crippen LogP contribution in [0.2, 0.25) is 0 Å². The maximum absolute atomic E-state index is 13.3. The van der Waals surface area contributed by atoms with Gasteiger partial charge in [0.05, 0.1) is 12.3 Å². The molecule has 5 heteroatoms. The Morgan fingerprint density at radius 3 is 3.15 bits per heavy atom. The van der Waals surface area contributed by atoms with Gasteiger partial charge < -0.3 is 4.74 Å². The van der Waals surface area contributed by atoms with E-state index in [9.17, 15) is 9.18 Å². The van der Waals surface area contributed by atoms with Gasteiger partial charge in [0.2, 0.25) is 0 Å². The highest BCUT2D eigenvalue weighted by molar-refractivity contribution is 7.15. The summed E-state index contributed by atoms with van der Waals surface area (Å²) in [5.74, 6) is -0.745. The summed E-state index contributed by atoms with van der Waals surface area (Å²) in [6.45, 7) is 2.18. The maximum Gasteiger partial charge on any atom is 0.315 e. The topological polar surface area (TPSA) is 39.2 Å². The van der Waals surface area contributed by atoms with Crippen LogP contribution in [0, 0.1) is 5.82 Å². The highest BCUT2D eigenvalue weighted by atomic mass is 32.1. The summed E-state index contributed by atoms with van der Waals surface area (Å²) in [5.41, 5.74) is 1.57. The van der Waals surface area contributed by atoms with Crippen molar-refractivity contribution in [2.75, 3.05) is 6.61 Å². The van der Waals surface area contributed by atoms with Gasteiger partial charge >= 0.3 is 5.97 Å². The lowest BCUT2D eigenvalue weighted by Crippen LogP contribution is -2.14. The largest absolute Gasteiger partial charge is 0.465 e. The molecular formula is C15H14FNO2S. The van der Waals surface area contributed by atoms with Crippen molar-refractivity contribution in [3.8, 4) is 10.6 Å². The molecular weight excluding hydrogens is 277 g/mol. The van der Waals surface area contributed by atoms with E-state index in [4.69, 9.17) is 4.74 Å². The Labute approximate surface area is 120 Å². The van der Waals surface area contributed by atoms with Gasteiger partial charge in [-0.2, -0.15) is 0 Å². The first-order valence-electron chi connectivity index (χ1n) is 6.61. The number of esters is 1. The number of halogens is 1. The average molecular weight is 291 g/mol. The molecule has 104 valence electrons. The number of carbonyl (C=O) groups excluding carboxylic acids is 1. The van der Waals surface area contributed by atoms with Crippen molar-refractivity contribution in [3.63, 3.8) is 0 Å². The van der Waals surface area contributed by atoms with E-state index >= 15 is 0 Å². The molecule has 3 nitrogen and oxygen atoms in total. The molecule has 0 spiro atoms. The van der Waals surface area contributed by atoms with Crippen LogP contribution in [-0.2, 0) is 16.0 Å². The zero-order chi connectivity index (χ0) is 14.1. The van der Waals surface area contributed by atoms with Crippen LogP contribution in [0.3, 0.4) is 0 Å². The molecule has 0 amide bonds. The molecule has 0 bridgehead atoms. The van der Waals surface area contributed by atoms with Crippen LogP contribution in [0.4, 0.5) is 4.39 Å². The lowest BCUT2D eigenvalue weighted by atomic mass is 10.1. The lowest BCUT2D eigenvalue weighted by molar-refractivity contribution is -0.145. The fraction of sp³-hybridized carbons (Fsp3) is 0.333. The Hall–Kier alpha value is -1.75. The number of aryl methyl sites for hydroxylation is 1. The van der Waals surface area contributed by atoms with Crippen LogP contribution in [0.5, 0.6) is 0 Å². The summed E-state index contributed by atoms with van der Waals surface area (Å²) >= 11 is 1.54. The predicted molar refractivity (Wildman–Crippen MR) is 75.2 cm³/mol. The third kappa shape index (κ3) is 2.33. The smallest absolute Gasteiger partial charge is 0.315 e. The molecule has 1 heterocycles. The molecule has 1 aromatic heterocycles. The molecule has 1 aromatic carbocycles. The Morgan fingerprint density at radius 1 is 1.55 bits per heavy atom. The summed E-state index contributed by atoms with van der Waals surface area (Å²) in [6.07, 6.45) is 1.60. The van der Waals surface area contributed by atoms with Crippen molar-refractivity contribution in [1.82, 2.24) is 4.98 Å². The summed E-state index contributed by atoms with van der Waals surface area (Å²) in [7, 11) is 0. The molecule has 2 aromatic rings. The van der Waals surface area contributed by atoms with Crippen molar-refractivity contribution >= 4 is 17.3 Å². The zero-order valence-electron chi connectivity index (χ0n) is 11.1. The van der Waals surface area contributed by atoms with Gasteiger partial charge in [0.15, 0.2) is 0 Å². The van der Waals surface area contributed by atoms with Crippen molar-refractivity contribution in [1.29, 1.82) is 0 Å². The van der Waals surface area contributed by atoms with E-state index < -0.39 is 0 Å². The normalized spacial score (nSPS) is 17.0. The van der Waals surface area contributed by atoms with E-state index in [2.05, 4.69) is 4.98 Å². The van der Waals surface area contributed by atoms with Crippen molar-refractivity contribution in [2.45, 2.75) is 25.7 Å². The van der Waals surface area contributed by atoms with Crippen LogP contribution >= 0.6 is 11.3 Å². The van der Waals surface area contributed by atoms with E-state index in [-0.39, 0.29) is 17.7 Å². The number of hydrogen-bond donors (Lipinski definition) is 0. The number of nitrogens with zero attached hydrogens (tertiary/aromatic N) is 1. The van der Waals surface area contributed by atoms with Crippen LogP contribution in [0.1, 0.15) is 29.8 Å². The number of hydrogen-bond acceptors (Lipinski definition) is 4. The number of rotatable bonds is 3. The maximum atomic E-state index is 13.3. The van der Waals surface area contributed by atoms with Gasteiger partial charge in [0, 0.05) is 10.4 Å². The number of aromatic nitrogens is 1. The summed E-state index contributed by atoms with van der Waals surface area (Å²) in [6, 6.07) is 6.37. The number of benzene rings is 1. The van der Waals surface area contributed by atoms with E-state index in [0.29, 0.717) is 6.61 Å². The Kier molecular flexibility index (Phi) is 3.53. The van der Waals surface area contributed by atoms with Crippen LogP contribution in [0.25, 0.3) is 10.6 Å². The number of fused-ring (bicyclic) bond motifs is 1. The third-order valence-corrected chi connectivity index (χ3v) is 4.54. The molecule has 0 aliphatic heterocycles. The molecule has 1 unspecified atom stereocenters. The first kappa shape index (κ1) is 13.2. The second-order valence-corrected chi connectivity index (χ2v) is 5.76. The fourth-order valence-electron chi connectivity index (χ4n) is 2.44. The third-order valence-electron chi connectivity index (χ3n) is 3.36. The lowest BCUT2D eigenvalue weighted by Gasteiger charge is -2.07. The minimum atomic E-state index is -0.278. The van der Waals surface area contributed by atoms with Gasteiger partial charge in [-0.25, -0.2) is 9.37 Å². The second kappa shape index (κ2) is 5.32. The van der Waals surface area contributed by atoms with Gasteiger partial charge in [-0.3, -0.25) is 4.79 Å². The Balaban J connectivity index is 1.92. The van der Waals surface area contributed by atoms with Gasteiger partial charge in [0.25, 0.3) is 0 Å². The van der Waals surface area contributed by atoms with Crippen molar-refractivity contribution < 1.29 is 13.9 Å². The predicted octanol–water partition coefficient (Wildman–Crippen LogP) is 3.54. The van der Waals surface area contributed by atoms with Gasteiger partial charge in [-0.05, 0) is 31.9 Å². The van der Waals surface area contributed by atoms with E-state index in [0.717, 1.165) is 34.0 Å². The van der Waals surface area contributed by atoms with Gasteiger partial charge in [0.1, 0.15) is 16.7 Å². The highest BCUT2D eigenvalue weighted by Gasteiger charge is 2.33. The van der Waals surface area contributed by atoms with Crippen molar-refractivity contribution in [2.24, 2.45) is 0 Å². The number of carbonyl (C=O) groups is 1. The van der Waals surface area contributed by atoms with Crippen LogP contribution in [-0.4, -0.2) is 17.6 Å². The number of thiazole rings is 1. The molecule has 0 saturated heterocycles. The SMILES string of the molecule is CCOC(=O)C1CCc2sc(-c3cccc(F)c3)nc21. The summed E-state index contributed by atoms with van der Waals surface area (Å²) < 4.78 is 18.3. The number of ether oxygens (including phenoxy) is 1. The molecule has 0 radical (unpaired) electrons. The molecule has 1 aliphatic rings. The second-order valence-electron chi connectivity index (χ2n) is 4.68. The first-order valence-corrected chi connectivity index (χ1v) is 7.43. The minimum absolute atomic E-state index is 0.206. The Bertz CT molecular complexity index is 653. The van der Waals surface area contributed by atoms with Crippen LogP contribution < -0.4 is 0 Å². The van der Waals surface area contributed by atoms with Gasteiger partial charge in [-0.15, -0.1) is 11.3 Å². The molecule has 1 atom stereocenters. The molecule has 0 fully saturated rings. The quantitative estimate of drug-likeness (QED) is 0.812. The fourth-order valence-corrected chi connectivity index (χ4v) is 3.58. The van der Waals surface area contributed by atoms with E-state index in [1.165, 1.54) is 23.5 Å². The van der Waals surface area contributed by atoms with Crippen molar-refractivity contribution in [3.05, 3.63) is 40.7 Å². The molecule has 3 rings (SSSR count). The van der Waals surface area contributed by atoms with Gasteiger partial charge in [-0.1, -0.05) is 12.1 Å². The monoisotopic (exact) mass is 291 g/mol. The first-order chi connectivity index (χ1) is 9.69. The highest BCUT2D eigenvalue weighted by Crippen LogP contribution is 2.40. The molecule has 20 heavy (non-hydrogen) atoms. The molecule has 0 saturated carbocycles. The molecule has 1 aliphatic carbocycles.